The van der Waals surface area contributed by atoms with E-state index in [1.165, 1.54) is 0 Å². The SMILES string of the molecule is C#CCC(OC=O)(C(=O)O)C(CC#C)(OC=O)C(=O)O. The van der Waals surface area contributed by atoms with E-state index in [0.717, 1.165) is 0 Å². The van der Waals surface area contributed by atoms with Crippen LogP contribution in [0.25, 0.3) is 0 Å². The monoisotopic (exact) mass is 282 g/mol. The minimum atomic E-state index is -2.84. The van der Waals surface area contributed by atoms with Gasteiger partial charge in [0.15, 0.2) is 0 Å². The van der Waals surface area contributed by atoms with Crippen molar-refractivity contribution in [1.82, 2.24) is 0 Å². The summed E-state index contributed by atoms with van der Waals surface area (Å²) in [6.45, 7) is -0.623. The van der Waals surface area contributed by atoms with Gasteiger partial charge in [0.05, 0.1) is 12.8 Å². The molecule has 0 rings (SSSR count). The summed E-state index contributed by atoms with van der Waals surface area (Å²) in [6.07, 6.45) is 8.20. The topological polar surface area (TPSA) is 127 Å². The number of carbonyl (C=O) groups excluding carboxylic acids is 2. The van der Waals surface area contributed by atoms with E-state index in [1.807, 2.05) is 11.8 Å². The Bertz CT molecular complexity index is 451. The predicted molar refractivity (Wildman–Crippen MR) is 61.9 cm³/mol. The fourth-order valence-electron chi connectivity index (χ4n) is 1.61. The fourth-order valence-corrected chi connectivity index (χ4v) is 1.61. The first-order valence-corrected chi connectivity index (χ1v) is 4.95. The average molecular weight is 282 g/mol. The van der Waals surface area contributed by atoms with Gasteiger partial charge in [0, 0.05) is 0 Å². The van der Waals surface area contributed by atoms with Crippen molar-refractivity contribution in [3.8, 4) is 24.7 Å². The van der Waals surface area contributed by atoms with Crippen molar-refractivity contribution in [2.24, 2.45) is 0 Å². The van der Waals surface area contributed by atoms with Crippen LogP contribution in [0.15, 0.2) is 0 Å². The smallest absolute Gasteiger partial charge is 0.354 e. The van der Waals surface area contributed by atoms with E-state index in [2.05, 4.69) is 9.47 Å². The summed E-state index contributed by atoms with van der Waals surface area (Å²) in [5.74, 6) is -0.111. The molecule has 106 valence electrons. The van der Waals surface area contributed by atoms with Gasteiger partial charge in [0.2, 0.25) is 0 Å². The second-order valence-electron chi connectivity index (χ2n) is 3.45. The van der Waals surface area contributed by atoms with Crippen LogP contribution < -0.4 is 0 Å². The lowest BCUT2D eigenvalue weighted by atomic mass is 9.77. The van der Waals surface area contributed by atoms with Crippen molar-refractivity contribution in [3.63, 3.8) is 0 Å². The molecule has 8 nitrogen and oxygen atoms in total. The van der Waals surface area contributed by atoms with Crippen LogP contribution in [0.1, 0.15) is 12.8 Å². The van der Waals surface area contributed by atoms with Gasteiger partial charge >= 0.3 is 11.9 Å². The standard InChI is InChI=1S/C12H10O8/c1-3-5-11(9(15)16,19-7-13)12(6-4-2,10(17)18)20-8-14/h1-2,7-8H,5-6H2,(H,15,16)(H,17,18). The highest BCUT2D eigenvalue weighted by atomic mass is 16.6. The summed E-state index contributed by atoms with van der Waals surface area (Å²) in [4.78, 5) is 43.9. The summed E-state index contributed by atoms with van der Waals surface area (Å²) < 4.78 is 8.76. The zero-order valence-corrected chi connectivity index (χ0v) is 10.1. The Hall–Kier alpha value is -3.00. The maximum atomic E-state index is 11.4. The van der Waals surface area contributed by atoms with Gasteiger partial charge in [0.1, 0.15) is 0 Å². The quantitative estimate of drug-likeness (QED) is 0.408. The van der Waals surface area contributed by atoms with Crippen LogP contribution in [0.3, 0.4) is 0 Å². The normalized spacial score (nSPS) is 15.3. The third-order valence-corrected chi connectivity index (χ3v) is 2.54. The second-order valence-corrected chi connectivity index (χ2v) is 3.45. The average Bonchev–Trinajstić information content (AvgIpc) is 2.37. The van der Waals surface area contributed by atoms with Gasteiger partial charge in [-0.15, -0.1) is 24.7 Å². The Balaban J connectivity index is 6.38. The van der Waals surface area contributed by atoms with Gasteiger partial charge in [-0.25, -0.2) is 9.59 Å². The Morgan fingerprint density at radius 2 is 1.25 bits per heavy atom. The second kappa shape index (κ2) is 6.81. The Morgan fingerprint density at radius 3 is 1.40 bits per heavy atom. The number of hydrogen-bond donors (Lipinski definition) is 2. The third-order valence-electron chi connectivity index (χ3n) is 2.54. The van der Waals surface area contributed by atoms with Crippen LogP contribution in [-0.4, -0.2) is 46.3 Å². The number of carbonyl (C=O) groups is 4. The number of hydrogen-bond acceptors (Lipinski definition) is 6. The van der Waals surface area contributed by atoms with Crippen LogP contribution in [0.2, 0.25) is 0 Å². The van der Waals surface area contributed by atoms with Gasteiger partial charge in [0.25, 0.3) is 24.1 Å². The number of rotatable bonds is 9. The zero-order chi connectivity index (χ0) is 15.8. The molecule has 0 saturated heterocycles. The molecule has 2 N–H and O–H groups in total. The van der Waals surface area contributed by atoms with E-state index in [-0.39, 0.29) is 12.9 Å². The van der Waals surface area contributed by atoms with E-state index in [0.29, 0.717) is 0 Å². The number of carboxylic acid groups (broad SMARTS) is 2. The summed E-state index contributed by atoms with van der Waals surface area (Å²) in [6, 6.07) is 0. The van der Waals surface area contributed by atoms with Crippen molar-refractivity contribution in [2.75, 3.05) is 0 Å². The van der Waals surface area contributed by atoms with Gasteiger partial charge in [-0.2, -0.15) is 0 Å². The molecule has 0 aliphatic heterocycles. The molecule has 20 heavy (non-hydrogen) atoms. The molecule has 0 aromatic carbocycles. The van der Waals surface area contributed by atoms with Crippen molar-refractivity contribution in [3.05, 3.63) is 0 Å². The Labute approximate surface area is 113 Å². The molecule has 0 aromatic rings. The molecule has 0 bridgehead atoms. The van der Waals surface area contributed by atoms with E-state index >= 15 is 0 Å². The van der Waals surface area contributed by atoms with Crippen molar-refractivity contribution < 1.29 is 38.9 Å². The molecule has 2 atom stereocenters. The number of ether oxygens (including phenoxy) is 2. The summed E-state index contributed by atoms with van der Waals surface area (Å²) >= 11 is 0. The maximum Gasteiger partial charge on any atom is 0.354 e. The zero-order valence-electron chi connectivity index (χ0n) is 10.1. The molecule has 0 saturated carbocycles. The highest BCUT2D eigenvalue weighted by Crippen LogP contribution is 2.36. The highest BCUT2D eigenvalue weighted by Gasteiger charge is 2.66. The molecule has 0 heterocycles. The first-order valence-electron chi connectivity index (χ1n) is 4.95. The van der Waals surface area contributed by atoms with E-state index in [1.54, 1.807) is 0 Å². The third kappa shape index (κ3) is 2.54. The maximum absolute atomic E-state index is 11.4. The van der Waals surface area contributed by atoms with Crippen LogP contribution in [0, 0.1) is 24.7 Å². The first-order chi connectivity index (χ1) is 9.38. The minimum Gasteiger partial charge on any atom is -0.478 e. The predicted octanol–water partition coefficient (Wildman–Crippen LogP) is -0.974. The van der Waals surface area contributed by atoms with Crippen molar-refractivity contribution in [2.45, 2.75) is 24.0 Å². The Kier molecular flexibility index (Phi) is 5.78. The summed E-state index contributed by atoms with van der Waals surface area (Å²) in [7, 11) is 0. The first kappa shape index (κ1) is 17.0. The summed E-state index contributed by atoms with van der Waals surface area (Å²) in [5.41, 5.74) is -5.69. The fraction of sp³-hybridized carbons (Fsp3) is 0.333. The highest BCUT2D eigenvalue weighted by molar-refractivity contribution is 5.93. The van der Waals surface area contributed by atoms with Crippen LogP contribution in [-0.2, 0) is 28.7 Å². The van der Waals surface area contributed by atoms with Crippen molar-refractivity contribution in [1.29, 1.82) is 0 Å². The van der Waals surface area contributed by atoms with Gasteiger partial charge < -0.3 is 19.7 Å². The lowest BCUT2D eigenvalue weighted by molar-refractivity contribution is -0.218. The van der Waals surface area contributed by atoms with E-state index in [9.17, 15) is 29.4 Å². The number of aliphatic carboxylic acids is 2. The molecular formula is C12H10O8. The van der Waals surface area contributed by atoms with Gasteiger partial charge in [-0.3, -0.25) is 9.59 Å². The van der Waals surface area contributed by atoms with Crippen LogP contribution >= 0.6 is 0 Å². The molecule has 0 aromatic heterocycles. The minimum absolute atomic E-state index is 0.312. The number of carboxylic acids is 2. The number of terminal acetylenes is 2. The molecule has 2 unspecified atom stereocenters. The molecule has 0 fully saturated rings. The molecule has 0 amide bonds. The Morgan fingerprint density at radius 1 is 0.950 bits per heavy atom. The molecule has 8 heteroatoms. The molecule has 0 aliphatic carbocycles. The lowest BCUT2D eigenvalue weighted by Gasteiger charge is -2.39. The molecule has 0 spiro atoms. The summed E-state index contributed by atoms with van der Waals surface area (Å²) in [5, 5.41) is 18.4. The molecule has 0 aliphatic rings. The van der Waals surface area contributed by atoms with E-state index in [4.69, 9.17) is 12.8 Å². The van der Waals surface area contributed by atoms with E-state index < -0.39 is 36.0 Å². The van der Waals surface area contributed by atoms with Crippen molar-refractivity contribution >= 4 is 24.9 Å². The largest absolute Gasteiger partial charge is 0.478 e. The molecular weight excluding hydrogens is 272 g/mol. The van der Waals surface area contributed by atoms with Gasteiger partial charge in [-0.05, 0) is 0 Å². The van der Waals surface area contributed by atoms with Gasteiger partial charge in [-0.1, -0.05) is 0 Å². The van der Waals surface area contributed by atoms with Crippen LogP contribution in [0.5, 0.6) is 0 Å². The lowest BCUT2D eigenvalue weighted by Crippen LogP contribution is -2.66. The van der Waals surface area contributed by atoms with Crippen LogP contribution in [0.4, 0.5) is 0 Å². The molecule has 0 radical (unpaired) electrons.